The molecule has 0 aliphatic rings. The zero-order valence-corrected chi connectivity index (χ0v) is 12.4. The van der Waals surface area contributed by atoms with Gasteiger partial charge in [0.05, 0.1) is 23.5 Å². The number of ether oxygens (including phenoxy) is 1. The number of nitrogens with zero attached hydrogens (tertiary/aromatic N) is 1. The van der Waals surface area contributed by atoms with E-state index in [1.807, 2.05) is 42.6 Å². The molecule has 0 spiro atoms. The van der Waals surface area contributed by atoms with Crippen molar-refractivity contribution in [2.24, 2.45) is 0 Å². The van der Waals surface area contributed by atoms with Crippen LogP contribution < -0.4 is 10.6 Å². The summed E-state index contributed by atoms with van der Waals surface area (Å²) in [6.07, 6.45) is 0.745. The quantitative estimate of drug-likeness (QED) is 0.679. The maximum atomic E-state index is 11.9. The van der Waals surface area contributed by atoms with Crippen LogP contribution in [0.15, 0.2) is 35.7 Å². The van der Waals surface area contributed by atoms with E-state index in [0.717, 1.165) is 12.1 Å². The third kappa shape index (κ3) is 3.51. The first-order valence-corrected chi connectivity index (χ1v) is 7.22. The van der Waals surface area contributed by atoms with E-state index >= 15 is 0 Å². The summed E-state index contributed by atoms with van der Waals surface area (Å²) in [4.78, 5) is 15.0. The Kier molecular flexibility index (Phi) is 4.63. The van der Waals surface area contributed by atoms with Gasteiger partial charge in [-0.3, -0.25) is 0 Å². The van der Waals surface area contributed by atoms with Gasteiger partial charge in [0, 0.05) is 25.4 Å². The van der Waals surface area contributed by atoms with Crippen LogP contribution >= 0.6 is 11.3 Å². The molecule has 106 valence electrons. The summed E-state index contributed by atoms with van der Waals surface area (Å²) in [6, 6.07) is 9.23. The first-order valence-electron chi connectivity index (χ1n) is 6.34. The van der Waals surface area contributed by atoms with Crippen molar-refractivity contribution >= 4 is 28.7 Å². The molecule has 2 N–H and O–H groups in total. The van der Waals surface area contributed by atoms with Crippen LogP contribution in [0, 0.1) is 0 Å². The van der Waals surface area contributed by atoms with Crippen molar-refractivity contribution in [1.82, 2.24) is 0 Å². The van der Waals surface area contributed by atoms with E-state index in [-0.39, 0.29) is 5.97 Å². The van der Waals surface area contributed by atoms with Crippen molar-refractivity contribution in [3.8, 4) is 0 Å². The molecule has 2 rings (SSSR count). The maximum Gasteiger partial charge on any atom is 0.338 e. The summed E-state index contributed by atoms with van der Waals surface area (Å²) in [5, 5.41) is 2.01. The SMILES string of the molecule is CN(C)c1ccc(C(=O)OCCc2cccs2)cc1N. The predicted octanol–water partition coefficient (Wildman–Crippen LogP) is 2.80. The maximum absolute atomic E-state index is 11.9. The zero-order chi connectivity index (χ0) is 14.5. The minimum Gasteiger partial charge on any atom is -0.462 e. The average molecular weight is 290 g/mol. The number of anilines is 2. The van der Waals surface area contributed by atoms with Crippen LogP contribution in [0.2, 0.25) is 0 Å². The third-order valence-electron chi connectivity index (χ3n) is 2.91. The minimum absolute atomic E-state index is 0.335. The van der Waals surface area contributed by atoms with Crippen LogP contribution in [0.3, 0.4) is 0 Å². The second-order valence-electron chi connectivity index (χ2n) is 4.63. The molecule has 0 saturated carbocycles. The molecule has 0 aliphatic carbocycles. The standard InChI is InChI=1S/C15H18N2O2S/c1-17(2)14-6-5-11(10-13(14)16)15(18)19-8-7-12-4-3-9-20-12/h3-6,9-10H,7-8,16H2,1-2H3. The van der Waals surface area contributed by atoms with Crippen LogP contribution in [-0.4, -0.2) is 26.7 Å². The molecule has 20 heavy (non-hydrogen) atoms. The van der Waals surface area contributed by atoms with Crippen molar-refractivity contribution in [2.75, 3.05) is 31.3 Å². The van der Waals surface area contributed by atoms with Crippen LogP contribution in [0.5, 0.6) is 0 Å². The molecule has 1 heterocycles. The van der Waals surface area contributed by atoms with Gasteiger partial charge in [-0.25, -0.2) is 4.79 Å². The number of carbonyl (C=O) groups is 1. The van der Waals surface area contributed by atoms with Crippen molar-refractivity contribution in [2.45, 2.75) is 6.42 Å². The van der Waals surface area contributed by atoms with Gasteiger partial charge in [-0.15, -0.1) is 11.3 Å². The largest absolute Gasteiger partial charge is 0.462 e. The van der Waals surface area contributed by atoms with E-state index in [2.05, 4.69) is 0 Å². The van der Waals surface area contributed by atoms with Gasteiger partial charge in [0.25, 0.3) is 0 Å². The topological polar surface area (TPSA) is 55.6 Å². The van der Waals surface area contributed by atoms with Crippen LogP contribution in [0.1, 0.15) is 15.2 Å². The van der Waals surface area contributed by atoms with E-state index in [1.165, 1.54) is 4.88 Å². The Labute approximate surface area is 122 Å². The van der Waals surface area contributed by atoms with Gasteiger partial charge < -0.3 is 15.4 Å². The third-order valence-corrected chi connectivity index (χ3v) is 3.84. The van der Waals surface area contributed by atoms with E-state index in [9.17, 15) is 4.79 Å². The van der Waals surface area contributed by atoms with Crippen LogP contribution in [-0.2, 0) is 11.2 Å². The lowest BCUT2D eigenvalue weighted by Gasteiger charge is -2.15. The average Bonchev–Trinajstić information content (AvgIpc) is 2.91. The Balaban J connectivity index is 1.94. The highest BCUT2D eigenvalue weighted by atomic mass is 32.1. The van der Waals surface area contributed by atoms with Crippen LogP contribution in [0.4, 0.5) is 11.4 Å². The highest BCUT2D eigenvalue weighted by molar-refractivity contribution is 7.09. The van der Waals surface area contributed by atoms with Gasteiger partial charge >= 0.3 is 5.97 Å². The second kappa shape index (κ2) is 6.43. The van der Waals surface area contributed by atoms with Crippen molar-refractivity contribution in [3.63, 3.8) is 0 Å². The van der Waals surface area contributed by atoms with Crippen molar-refractivity contribution in [3.05, 3.63) is 46.2 Å². The molecule has 0 bridgehead atoms. The van der Waals surface area contributed by atoms with E-state index < -0.39 is 0 Å². The number of rotatable bonds is 5. The highest BCUT2D eigenvalue weighted by Gasteiger charge is 2.10. The number of hydrogen-bond donors (Lipinski definition) is 1. The number of benzene rings is 1. The summed E-state index contributed by atoms with van der Waals surface area (Å²) in [6.45, 7) is 0.384. The molecule has 0 unspecified atom stereocenters. The summed E-state index contributed by atoms with van der Waals surface area (Å²) in [5.41, 5.74) is 7.86. The Hall–Kier alpha value is -2.01. The van der Waals surface area contributed by atoms with Crippen LogP contribution in [0.25, 0.3) is 0 Å². The number of thiophene rings is 1. The van der Waals surface area contributed by atoms with E-state index in [1.54, 1.807) is 23.5 Å². The monoisotopic (exact) mass is 290 g/mol. The fraction of sp³-hybridized carbons (Fsp3) is 0.267. The zero-order valence-electron chi connectivity index (χ0n) is 11.6. The van der Waals surface area contributed by atoms with E-state index in [4.69, 9.17) is 10.5 Å². The van der Waals surface area contributed by atoms with Gasteiger partial charge in [0.15, 0.2) is 0 Å². The number of carbonyl (C=O) groups excluding carboxylic acids is 1. The lowest BCUT2D eigenvalue weighted by Crippen LogP contribution is -2.13. The lowest BCUT2D eigenvalue weighted by atomic mass is 10.1. The summed E-state index contributed by atoms with van der Waals surface area (Å²) in [5.74, 6) is -0.335. The molecule has 2 aromatic rings. The van der Waals surface area contributed by atoms with Crippen molar-refractivity contribution in [1.29, 1.82) is 0 Å². The fourth-order valence-electron chi connectivity index (χ4n) is 1.87. The van der Waals surface area contributed by atoms with Gasteiger partial charge in [-0.1, -0.05) is 6.07 Å². The number of nitrogen functional groups attached to an aromatic ring is 1. The highest BCUT2D eigenvalue weighted by Crippen LogP contribution is 2.22. The normalized spacial score (nSPS) is 10.3. The van der Waals surface area contributed by atoms with Gasteiger partial charge in [-0.05, 0) is 29.6 Å². The minimum atomic E-state index is -0.335. The van der Waals surface area contributed by atoms with Gasteiger partial charge in [0.1, 0.15) is 0 Å². The number of esters is 1. The Morgan fingerprint density at radius 3 is 2.75 bits per heavy atom. The Bertz CT molecular complexity index is 580. The first kappa shape index (κ1) is 14.4. The Morgan fingerprint density at radius 1 is 1.35 bits per heavy atom. The predicted molar refractivity (Wildman–Crippen MR) is 83.5 cm³/mol. The smallest absolute Gasteiger partial charge is 0.338 e. The van der Waals surface area contributed by atoms with E-state index in [0.29, 0.717) is 17.9 Å². The molecule has 0 radical (unpaired) electrons. The summed E-state index contributed by atoms with van der Waals surface area (Å²) >= 11 is 1.66. The Morgan fingerprint density at radius 2 is 2.15 bits per heavy atom. The molecule has 0 fully saturated rings. The van der Waals surface area contributed by atoms with Gasteiger partial charge in [0.2, 0.25) is 0 Å². The summed E-state index contributed by atoms with van der Waals surface area (Å²) in [7, 11) is 3.81. The molecule has 1 aromatic carbocycles. The summed E-state index contributed by atoms with van der Waals surface area (Å²) < 4.78 is 5.26. The first-order chi connectivity index (χ1) is 9.58. The fourth-order valence-corrected chi connectivity index (χ4v) is 2.56. The molecule has 0 aliphatic heterocycles. The lowest BCUT2D eigenvalue weighted by molar-refractivity contribution is 0.0510. The van der Waals surface area contributed by atoms with Gasteiger partial charge in [-0.2, -0.15) is 0 Å². The van der Waals surface area contributed by atoms with Crippen molar-refractivity contribution < 1.29 is 9.53 Å². The molecule has 5 heteroatoms. The molecule has 0 atom stereocenters. The molecular formula is C15H18N2O2S. The molecule has 0 amide bonds. The second-order valence-corrected chi connectivity index (χ2v) is 5.67. The molecule has 4 nitrogen and oxygen atoms in total. The number of nitrogens with two attached hydrogens (primary N) is 1. The number of hydrogen-bond acceptors (Lipinski definition) is 5. The molecule has 1 aromatic heterocycles. The molecule has 0 saturated heterocycles. The molecular weight excluding hydrogens is 272 g/mol.